The highest BCUT2D eigenvalue weighted by Gasteiger charge is 2.30. The number of methoxy groups -OCH3 is 1. The summed E-state index contributed by atoms with van der Waals surface area (Å²) < 4.78 is 6.97. The number of aryl methyl sites for hydroxylation is 2. The third-order valence-electron chi connectivity index (χ3n) is 5.53. The summed E-state index contributed by atoms with van der Waals surface area (Å²) in [7, 11) is 3.56. The average molecular weight is 390 g/mol. The van der Waals surface area contributed by atoms with Gasteiger partial charge in [0.25, 0.3) is 0 Å². The first-order valence-corrected chi connectivity index (χ1v) is 10.0. The minimum atomic E-state index is 0.0707. The van der Waals surface area contributed by atoms with Gasteiger partial charge in [-0.3, -0.25) is 14.5 Å². The van der Waals surface area contributed by atoms with Gasteiger partial charge in [-0.05, 0) is 43.0 Å². The van der Waals surface area contributed by atoms with Gasteiger partial charge in [0, 0.05) is 43.5 Å². The average Bonchev–Trinajstić information content (AvgIpc) is 3.42. The number of likely N-dealkylation sites (tertiary alicyclic amines) is 1. The molecule has 0 radical (unpaired) electrons. The Kier molecular flexibility index (Phi) is 5.60. The molecule has 1 aliphatic heterocycles. The van der Waals surface area contributed by atoms with Gasteiger partial charge in [0.1, 0.15) is 5.75 Å². The molecule has 0 bridgehead atoms. The quantitative estimate of drug-likeness (QED) is 0.643. The van der Waals surface area contributed by atoms with Gasteiger partial charge in [-0.15, -0.1) is 0 Å². The molecule has 4 rings (SSSR count). The molecule has 0 saturated carbocycles. The normalized spacial score (nSPS) is 16.2. The van der Waals surface area contributed by atoms with E-state index in [1.54, 1.807) is 11.8 Å². The Morgan fingerprint density at radius 1 is 1.14 bits per heavy atom. The van der Waals surface area contributed by atoms with Crippen molar-refractivity contribution >= 4 is 5.91 Å². The number of pyridine rings is 1. The van der Waals surface area contributed by atoms with Crippen molar-refractivity contribution in [3.8, 4) is 16.9 Å². The zero-order chi connectivity index (χ0) is 20.2. The number of carbonyl (C=O) groups excluding carboxylic acids is 1. The van der Waals surface area contributed by atoms with Crippen LogP contribution in [0.4, 0.5) is 0 Å². The Hall–Kier alpha value is -3.15. The van der Waals surface area contributed by atoms with E-state index in [9.17, 15) is 4.79 Å². The van der Waals surface area contributed by atoms with Crippen molar-refractivity contribution in [1.82, 2.24) is 19.7 Å². The summed E-state index contributed by atoms with van der Waals surface area (Å²) in [6.07, 6.45) is 8.92. The van der Waals surface area contributed by atoms with Crippen molar-refractivity contribution in [2.45, 2.75) is 31.7 Å². The van der Waals surface area contributed by atoms with Crippen molar-refractivity contribution in [3.63, 3.8) is 0 Å². The molecule has 150 valence electrons. The van der Waals surface area contributed by atoms with Gasteiger partial charge in [-0.25, -0.2) is 0 Å². The third kappa shape index (κ3) is 4.31. The van der Waals surface area contributed by atoms with Gasteiger partial charge in [-0.2, -0.15) is 5.10 Å². The van der Waals surface area contributed by atoms with Crippen LogP contribution in [0.15, 0.2) is 55.0 Å². The molecule has 2 aromatic heterocycles. The van der Waals surface area contributed by atoms with E-state index in [1.165, 1.54) is 0 Å². The van der Waals surface area contributed by atoms with Crippen LogP contribution in [0, 0.1) is 0 Å². The number of aromatic nitrogens is 3. The second kappa shape index (κ2) is 8.47. The van der Waals surface area contributed by atoms with Gasteiger partial charge in [0.15, 0.2) is 0 Å². The molecule has 29 heavy (non-hydrogen) atoms. The van der Waals surface area contributed by atoms with Crippen LogP contribution in [0.2, 0.25) is 0 Å². The van der Waals surface area contributed by atoms with Crippen molar-refractivity contribution in [2.75, 3.05) is 13.7 Å². The summed E-state index contributed by atoms with van der Waals surface area (Å²) in [4.78, 5) is 19.5. The molecular weight excluding hydrogens is 364 g/mol. The van der Waals surface area contributed by atoms with Crippen LogP contribution in [-0.4, -0.2) is 39.2 Å². The molecule has 1 atom stereocenters. The number of ether oxygens (including phenoxy) is 1. The molecule has 6 nitrogen and oxygen atoms in total. The fourth-order valence-corrected chi connectivity index (χ4v) is 3.90. The monoisotopic (exact) mass is 390 g/mol. The first-order valence-electron chi connectivity index (χ1n) is 10.0. The predicted octanol–water partition coefficient (Wildman–Crippen LogP) is 3.79. The SMILES string of the molecule is COc1ccc(CCC(=O)N2CCC[C@@H]2c2ccc(-c3cnn(C)c3)cn2)cc1. The Labute approximate surface area is 171 Å². The molecule has 3 aromatic rings. The number of rotatable bonds is 6. The highest BCUT2D eigenvalue weighted by Crippen LogP contribution is 2.32. The minimum Gasteiger partial charge on any atom is -0.497 e. The number of benzene rings is 1. The van der Waals surface area contributed by atoms with E-state index in [0.29, 0.717) is 6.42 Å². The van der Waals surface area contributed by atoms with Crippen molar-refractivity contribution in [2.24, 2.45) is 7.05 Å². The van der Waals surface area contributed by atoms with Crippen molar-refractivity contribution in [3.05, 3.63) is 66.2 Å². The lowest BCUT2D eigenvalue weighted by atomic mass is 10.1. The molecule has 1 fully saturated rings. The maximum Gasteiger partial charge on any atom is 0.223 e. The number of hydrogen-bond donors (Lipinski definition) is 0. The van der Waals surface area contributed by atoms with Crippen LogP contribution in [-0.2, 0) is 18.3 Å². The first-order chi connectivity index (χ1) is 14.1. The highest BCUT2D eigenvalue weighted by atomic mass is 16.5. The van der Waals surface area contributed by atoms with Crippen LogP contribution < -0.4 is 4.74 Å². The molecule has 1 saturated heterocycles. The smallest absolute Gasteiger partial charge is 0.223 e. The highest BCUT2D eigenvalue weighted by molar-refractivity contribution is 5.77. The molecular formula is C23H26N4O2. The topological polar surface area (TPSA) is 60.2 Å². The van der Waals surface area contributed by atoms with Crippen molar-refractivity contribution in [1.29, 1.82) is 0 Å². The van der Waals surface area contributed by atoms with E-state index in [2.05, 4.69) is 16.1 Å². The van der Waals surface area contributed by atoms with E-state index in [1.807, 2.05) is 60.9 Å². The lowest BCUT2D eigenvalue weighted by Gasteiger charge is -2.24. The van der Waals surface area contributed by atoms with Gasteiger partial charge in [-0.1, -0.05) is 18.2 Å². The lowest BCUT2D eigenvalue weighted by molar-refractivity contribution is -0.132. The summed E-state index contributed by atoms with van der Waals surface area (Å²) in [5.74, 6) is 1.03. The summed E-state index contributed by atoms with van der Waals surface area (Å²) in [5, 5.41) is 4.21. The molecule has 1 aliphatic rings. The number of amides is 1. The maximum atomic E-state index is 12.9. The molecule has 0 aliphatic carbocycles. The summed E-state index contributed by atoms with van der Waals surface area (Å²) in [6.45, 7) is 0.804. The lowest BCUT2D eigenvalue weighted by Crippen LogP contribution is -2.31. The molecule has 0 N–H and O–H groups in total. The summed E-state index contributed by atoms with van der Waals surface area (Å²) in [5.41, 5.74) is 4.20. The fourth-order valence-electron chi connectivity index (χ4n) is 3.90. The van der Waals surface area contributed by atoms with E-state index in [-0.39, 0.29) is 11.9 Å². The first kappa shape index (κ1) is 19.2. The van der Waals surface area contributed by atoms with Crippen molar-refractivity contribution < 1.29 is 9.53 Å². The Bertz CT molecular complexity index is 963. The Balaban J connectivity index is 1.40. The zero-order valence-electron chi connectivity index (χ0n) is 16.9. The van der Waals surface area contributed by atoms with Crippen LogP contribution in [0.1, 0.15) is 36.6 Å². The molecule has 1 amide bonds. The zero-order valence-corrected chi connectivity index (χ0v) is 16.9. The Morgan fingerprint density at radius 3 is 2.62 bits per heavy atom. The van der Waals surface area contributed by atoms with Gasteiger partial charge < -0.3 is 9.64 Å². The molecule has 1 aromatic carbocycles. The molecule has 0 unspecified atom stereocenters. The molecule has 0 spiro atoms. The minimum absolute atomic E-state index is 0.0707. The summed E-state index contributed by atoms with van der Waals surface area (Å²) in [6, 6.07) is 12.1. The van der Waals surface area contributed by atoms with Gasteiger partial charge in [0.2, 0.25) is 5.91 Å². The van der Waals surface area contributed by atoms with Crippen LogP contribution in [0.3, 0.4) is 0 Å². The predicted molar refractivity (Wildman–Crippen MR) is 111 cm³/mol. The van der Waals surface area contributed by atoms with E-state index in [0.717, 1.165) is 53.9 Å². The van der Waals surface area contributed by atoms with Crippen LogP contribution >= 0.6 is 0 Å². The molecule has 3 heterocycles. The second-order valence-electron chi connectivity index (χ2n) is 7.47. The summed E-state index contributed by atoms with van der Waals surface area (Å²) >= 11 is 0. The van der Waals surface area contributed by atoms with Crippen LogP contribution in [0.5, 0.6) is 5.75 Å². The maximum absolute atomic E-state index is 12.9. The van der Waals surface area contributed by atoms with Gasteiger partial charge in [0.05, 0.1) is 25.0 Å². The van der Waals surface area contributed by atoms with E-state index >= 15 is 0 Å². The largest absolute Gasteiger partial charge is 0.497 e. The fraction of sp³-hybridized carbons (Fsp3) is 0.348. The van der Waals surface area contributed by atoms with Gasteiger partial charge >= 0.3 is 0 Å². The van der Waals surface area contributed by atoms with E-state index < -0.39 is 0 Å². The second-order valence-corrected chi connectivity index (χ2v) is 7.47. The Morgan fingerprint density at radius 2 is 1.97 bits per heavy atom. The number of hydrogen-bond acceptors (Lipinski definition) is 4. The number of nitrogens with zero attached hydrogens (tertiary/aromatic N) is 4. The standard InChI is InChI=1S/C23H26N4O2/c1-26-16-19(15-25-26)18-8-11-21(24-14-18)22-4-3-13-27(22)23(28)12-7-17-5-9-20(29-2)10-6-17/h5-6,8-11,14-16,22H,3-4,7,12-13H2,1-2H3/t22-/m1/s1. The molecule has 6 heteroatoms. The third-order valence-corrected chi connectivity index (χ3v) is 5.53. The number of carbonyl (C=O) groups is 1. The van der Waals surface area contributed by atoms with Crippen LogP contribution in [0.25, 0.3) is 11.1 Å². The van der Waals surface area contributed by atoms with E-state index in [4.69, 9.17) is 4.74 Å².